The van der Waals surface area contributed by atoms with E-state index in [1.54, 1.807) is 21.7 Å². The molecule has 1 aliphatic rings. The van der Waals surface area contributed by atoms with Crippen molar-refractivity contribution in [3.8, 4) is 0 Å². The van der Waals surface area contributed by atoms with Gasteiger partial charge in [-0.05, 0) is 35.7 Å². The van der Waals surface area contributed by atoms with Crippen LogP contribution in [0.1, 0.15) is 25.3 Å². The minimum absolute atomic E-state index is 0.0881. The average Bonchev–Trinajstić information content (AvgIpc) is 3.02. The standard InChI is InChI=1S/C21H25N3O2/c1-16(2)17-9-11-19(12-10-17)24-14-13-23(21(24)26)15-20(25)22(3)18-7-5-4-6-8-18/h4-12,16H,13-15H2,1-3H3. The van der Waals surface area contributed by atoms with E-state index in [9.17, 15) is 9.59 Å². The number of carbonyl (C=O) groups excluding carboxylic acids is 2. The van der Waals surface area contributed by atoms with Gasteiger partial charge in [0.2, 0.25) is 5.91 Å². The van der Waals surface area contributed by atoms with Crippen LogP contribution in [-0.4, -0.2) is 43.5 Å². The molecule has 0 bridgehead atoms. The number of urea groups is 1. The molecular weight excluding hydrogens is 326 g/mol. The van der Waals surface area contributed by atoms with Gasteiger partial charge >= 0.3 is 6.03 Å². The van der Waals surface area contributed by atoms with Crippen LogP contribution < -0.4 is 9.80 Å². The largest absolute Gasteiger partial charge is 0.325 e. The average molecular weight is 351 g/mol. The number of likely N-dealkylation sites (N-methyl/N-ethyl adjacent to an activating group) is 1. The highest BCUT2D eigenvalue weighted by molar-refractivity contribution is 6.00. The quantitative estimate of drug-likeness (QED) is 0.824. The Bertz CT molecular complexity index is 772. The number of anilines is 2. The number of rotatable bonds is 5. The second-order valence-corrected chi connectivity index (χ2v) is 6.89. The first-order valence-electron chi connectivity index (χ1n) is 8.95. The Labute approximate surface area is 154 Å². The van der Waals surface area contributed by atoms with Gasteiger partial charge in [-0.25, -0.2) is 4.79 Å². The minimum atomic E-state index is -0.114. The first-order chi connectivity index (χ1) is 12.5. The molecule has 1 fully saturated rings. The Kier molecular flexibility index (Phi) is 5.26. The lowest BCUT2D eigenvalue weighted by atomic mass is 10.0. The third-order valence-electron chi connectivity index (χ3n) is 4.81. The first kappa shape index (κ1) is 18.0. The predicted molar refractivity (Wildman–Crippen MR) is 105 cm³/mol. The number of hydrogen-bond acceptors (Lipinski definition) is 2. The van der Waals surface area contributed by atoms with E-state index in [2.05, 4.69) is 26.0 Å². The summed E-state index contributed by atoms with van der Waals surface area (Å²) in [6.07, 6.45) is 0. The molecule has 3 rings (SSSR count). The molecule has 1 heterocycles. The van der Waals surface area contributed by atoms with Crippen molar-refractivity contribution in [1.82, 2.24) is 4.90 Å². The highest BCUT2D eigenvalue weighted by atomic mass is 16.2. The Morgan fingerprint density at radius 3 is 2.31 bits per heavy atom. The number of nitrogens with zero attached hydrogens (tertiary/aromatic N) is 3. The van der Waals surface area contributed by atoms with Gasteiger partial charge in [0.15, 0.2) is 0 Å². The van der Waals surface area contributed by atoms with Crippen molar-refractivity contribution in [3.05, 3.63) is 60.2 Å². The summed E-state index contributed by atoms with van der Waals surface area (Å²) in [7, 11) is 1.74. The van der Waals surface area contributed by atoms with E-state index in [1.165, 1.54) is 5.56 Å². The molecular formula is C21H25N3O2. The van der Waals surface area contributed by atoms with Gasteiger partial charge in [-0.1, -0.05) is 44.2 Å². The lowest BCUT2D eigenvalue weighted by Gasteiger charge is -2.22. The zero-order chi connectivity index (χ0) is 18.7. The topological polar surface area (TPSA) is 43.9 Å². The third-order valence-corrected chi connectivity index (χ3v) is 4.81. The van der Waals surface area contributed by atoms with Crippen LogP contribution in [0.25, 0.3) is 0 Å². The van der Waals surface area contributed by atoms with Crippen molar-refractivity contribution in [2.24, 2.45) is 0 Å². The van der Waals surface area contributed by atoms with Crippen molar-refractivity contribution in [3.63, 3.8) is 0 Å². The monoisotopic (exact) mass is 351 g/mol. The molecule has 0 N–H and O–H groups in total. The molecule has 1 aliphatic heterocycles. The zero-order valence-electron chi connectivity index (χ0n) is 15.6. The normalized spacial score (nSPS) is 14.2. The molecule has 26 heavy (non-hydrogen) atoms. The fraction of sp³-hybridized carbons (Fsp3) is 0.333. The molecule has 2 aromatic carbocycles. The van der Waals surface area contributed by atoms with Crippen LogP contribution >= 0.6 is 0 Å². The van der Waals surface area contributed by atoms with E-state index in [1.807, 2.05) is 42.5 Å². The van der Waals surface area contributed by atoms with E-state index < -0.39 is 0 Å². The van der Waals surface area contributed by atoms with Crippen LogP contribution in [0.2, 0.25) is 0 Å². The molecule has 3 amide bonds. The Morgan fingerprint density at radius 1 is 1.04 bits per heavy atom. The smallest absolute Gasteiger partial charge is 0.314 e. The molecule has 1 saturated heterocycles. The SMILES string of the molecule is CC(C)c1ccc(N2CCN(CC(=O)N(C)c3ccccc3)C2=O)cc1. The van der Waals surface area contributed by atoms with Gasteiger partial charge in [0, 0.05) is 31.5 Å². The van der Waals surface area contributed by atoms with E-state index in [0.717, 1.165) is 11.4 Å². The Balaban J connectivity index is 1.64. The van der Waals surface area contributed by atoms with E-state index in [0.29, 0.717) is 19.0 Å². The fourth-order valence-corrected chi connectivity index (χ4v) is 3.07. The zero-order valence-corrected chi connectivity index (χ0v) is 15.6. The van der Waals surface area contributed by atoms with Gasteiger partial charge in [0.1, 0.15) is 6.54 Å². The van der Waals surface area contributed by atoms with Crippen LogP contribution in [-0.2, 0) is 4.79 Å². The van der Waals surface area contributed by atoms with Gasteiger partial charge in [-0.3, -0.25) is 9.69 Å². The number of para-hydroxylation sites is 1. The van der Waals surface area contributed by atoms with Crippen molar-refractivity contribution in [2.45, 2.75) is 19.8 Å². The number of carbonyl (C=O) groups is 2. The summed E-state index contributed by atoms with van der Waals surface area (Å²) in [6.45, 7) is 5.53. The summed E-state index contributed by atoms with van der Waals surface area (Å²) < 4.78 is 0. The first-order valence-corrected chi connectivity index (χ1v) is 8.95. The van der Waals surface area contributed by atoms with E-state index in [-0.39, 0.29) is 18.5 Å². The lowest BCUT2D eigenvalue weighted by molar-refractivity contribution is -0.118. The minimum Gasteiger partial charge on any atom is -0.314 e. The Morgan fingerprint density at radius 2 is 1.69 bits per heavy atom. The van der Waals surface area contributed by atoms with E-state index in [4.69, 9.17) is 0 Å². The van der Waals surface area contributed by atoms with Crippen molar-refractivity contribution in [2.75, 3.05) is 36.5 Å². The molecule has 0 saturated carbocycles. The number of hydrogen-bond donors (Lipinski definition) is 0. The maximum absolute atomic E-state index is 12.7. The molecule has 5 nitrogen and oxygen atoms in total. The third kappa shape index (κ3) is 3.72. The maximum Gasteiger partial charge on any atom is 0.325 e. The van der Waals surface area contributed by atoms with Gasteiger partial charge in [0.25, 0.3) is 0 Å². The van der Waals surface area contributed by atoms with Crippen LogP contribution in [0.3, 0.4) is 0 Å². The maximum atomic E-state index is 12.7. The van der Waals surface area contributed by atoms with E-state index >= 15 is 0 Å². The van der Waals surface area contributed by atoms with Crippen molar-refractivity contribution in [1.29, 1.82) is 0 Å². The summed E-state index contributed by atoms with van der Waals surface area (Å²) in [5.74, 6) is 0.363. The highest BCUT2D eigenvalue weighted by Crippen LogP contribution is 2.23. The van der Waals surface area contributed by atoms with Gasteiger partial charge in [0.05, 0.1) is 0 Å². The Hall–Kier alpha value is -2.82. The van der Waals surface area contributed by atoms with Crippen LogP contribution in [0.4, 0.5) is 16.2 Å². The lowest BCUT2D eigenvalue weighted by Crippen LogP contribution is -2.40. The molecule has 0 aliphatic carbocycles. The summed E-state index contributed by atoms with van der Waals surface area (Å²) in [5.41, 5.74) is 2.95. The molecule has 0 aromatic heterocycles. The summed E-state index contributed by atoms with van der Waals surface area (Å²) >= 11 is 0. The van der Waals surface area contributed by atoms with Crippen molar-refractivity contribution < 1.29 is 9.59 Å². The van der Waals surface area contributed by atoms with Crippen LogP contribution in [0, 0.1) is 0 Å². The second-order valence-electron chi connectivity index (χ2n) is 6.89. The second kappa shape index (κ2) is 7.60. The summed E-state index contributed by atoms with van der Waals surface area (Å²) in [6, 6.07) is 17.4. The fourth-order valence-electron chi connectivity index (χ4n) is 3.07. The highest BCUT2D eigenvalue weighted by Gasteiger charge is 2.31. The molecule has 0 radical (unpaired) electrons. The van der Waals surface area contributed by atoms with Gasteiger partial charge in [-0.2, -0.15) is 0 Å². The van der Waals surface area contributed by atoms with Crippen LogP contribution in [0.15, 0.2) is 54.6 Å². The van der Waals surface area contributed by atoms with Gasteiger partial charge < -0.3 is 9.80 Å². The molecule has 2 aromatic rings. The molecule has 0 spiro atoms. The van der Waals surface area contributed by atoms with Crippen molar-refractivity contribution >= 4 is 23.3 Å². The van der Waals surface area contributed by atoms with Crippen LogP contribution in [0.5, 0.6) is 0 Å². The summed E-state index contributed by atoms with van der Waals surface area (Å²) in [4.78, 5) is 30.2. The molecule has 136 valence electrons. The number of amides is 3. The summed E-state index contributed by atoms with van der Waals surface area (Å²) in [5, 5.41) is 0. The predicted octanol–water partition coefficient (Wildman–Crippen LogP) is 3.72. The molecule has 5 heteroatoms. The molecule has 0 atom stereocenters. The molecule has 0 unspecified atom stereocenters. The number of benzene rings is 2. The van der Waals surface area contributed by atoms with Gasteiger partial charge in [-0.15, -0.1) is 0 Å².